The number of aromatic amines is 1. The van der Waals surface area contributed by atoms with Crippen molar-refractivity contribution in [3.05, 3.63) is 69.1 Å². The van der Waals surface area contributed by atoms with Crippen LogP contribution in [-0.2, 0) is 0 Å². The molecule has 1 atom stereocenters. The Morgan fingerprint density at radius 2 is 1.87 bits per heavy atom. The highest BCUT2D eigenvalue weighted by Crippen LogP contribution is 2.31. The number of nitrogens with zero attached hydrogens (tertiary/aromatic N) is 1. The number of rotatable bonds is 7. The van der Waals surface area contributed by atoms with Gasteiger partial charge in [0, 0.05) is 33.6 Å². The summed E-state index contributed by atoms with van der Waals surface area (Å²) >= 11 is 18.4. The minimum Gasteiger partial charge on any atom is -0.394 e. The Morgan fingerprint density at radius 3 is 2.48 bits per heavy atom. The zero-order valence-electron chi connectivity index (χ0n) is 16.8. The fraction of sp³-hybridized carbons (Fsp3) is 0.238. The standard InChI is InChI=1S/C21H20BCl3N4O2/c1-21(2,22)29-19-7-15(16(25)9-27-19)12-5-17(26-8-12)20(31)28-18(10-30)11-3-13(23)6-14(24)4-11/h3-9,18,26,30H,10H2,1-2H3,(H,27,29)(H,28,31)/t18-/m1/s1. The molecule has 2 heterocycles. The van der Waals surface area contributed by atoms with Crippen LogP contribution in [0.1, 0.15) is 35.9 Å². The van der Waals surface area contributed by atoms with Crippen LogP contribution in [0, 0.1) is 0 Å². The molecule has 10 heteroatoms. The summed E-state index contributed by atoms with van der Waals surface area (Å²) in [6.07, 6.45) is 3.18. The Labute approximate surface area is 196 Å². The number of nitrogens with one attached hydrogen (secondary N) is 3. The van der Waals surface area contributed by atoms with E-state index in [9.17, 15) is 9.90 Å². The smallest absolute Gasteiger partial charge is 0.268 e. The second-order valence-corrected chi connectivity index (χ2v) is 8.89. The monoisotopic (exact) mass is 476 g/mol. The molecule has 160 valence electrons. The zero-order chi connectivity index (χ0) is 22.8. The molecular weight excluding hydrogens is 457 g/mol. The zero-order valence-corrected chi connectivity index (χ0v) is 19.1. The molecule has 3 rings (SSSR count). The van der Waals surface area contributed by atoms with E-state index < -0.39 is 17.4 Å². The number of hydrogen-bond acceptors (Lipinski definition) is 4. The van der Waals surface area contributed by atoms with Gasteiger partial charge in [0.2, 0.25) is 0 Å². The maximum absolute atomic E-state index is 12.7. The van der Waals surface area contributed by atoms with Crippen LogP contribution in [0.15, 0.2) is 42.7 Å². The number of benzene rings is 1. The lowest BCUT2D eigenvalue weighted by Gasteiger charge is -2.22. The van der Waals surface area contributed by atoms with Crippen molar-refractivity contribution in [2.24, 2.45) is 0 Å². The van der Waals surface area contributed by atoms with Gasteiger partial charge in [-0.2, -0.15) is 0 Å². The normalized spacial score (nSPS) is 12.5. The van der Waals surface area contributed by atoms with E-state index in [2.05, 4.69) is 20.6 Å². The number of H-pyrrole nitrogens is 1. The van der Waals surface area contributed by atoms with Crippen LogP contribution in [0.25, 0.3) is 11.1 Å². The molecule has 1 aromatic carbocycles. The molecule has 0 fully saturated rings. The maximum Gasteiger partial charge on any atom is 0.268 e. The topological polar surface area (TPSA) is 90.0 Å². The van der Waals surface area contributed by atoms with E-state index in [1.54, 1.807) is 36.5 Å². The first-order valence-corrected chi connectivity index (χ1v) is 10.5. The minimum absolute atomic E-state index is 0.295. The molecule has 0 saturated heterocycles. The quantitative estimate of drug-likeness (QED) is 0.368. The molecule has 6 nitrogen and oxygen atoms in total. The van der Waals surface area contributed by atoms with Gasteiger partial charge in [-0.25, -0.2) is 4.98 Å². The molecule has 2 radical (unpaired) electrons. The van der Waals surface area contributed by atoms with Gasteiger partial charge < -0.3 is 20.7 Å². The van der Waals surface area contributed by atoms with E-state index in [0.29, 0.717) is 43.3 Å². The van der Waals surface area contributed by atoms with Crippen LogP contribution in [0.2, 0.25) is 15.1 Å². The molecule has 0 aliphatic rings. The predicted molar refractivity (Wildman–Crippen MR) is 126 cm³/mol. The Kier molecular flexibility index (Phi) is 7.22. The number of carbonyl (C=O) groups excluding carboxylic acids is 1. The van der Waals surface area contributed by atoms with Gasteiger partial charge in [0.05, 0.1) is 17.7 Å². The lowest BCUT2D eigenvalue weighted by molar-refractivity contribution is 0.0911. The summed E-state index contributed by atoms with van der Waals surface area (Å²) in [6.45, 7) is 3.30. The summed E-state index contributed by atoms with van der Waals surface area (Å²) in [5, 5.41) is 16.8. The largest absolute Gasteiger partial charge is 0.394 e. The third kappa shape index (κ3) is 6.17. The molecule has 31 heavy (non-hydrogen) atoms. The fourth-order valence-corrected chi connectivity index (χ4v) is 3.74. The summed E-state index contributed by atoms with van der Waals surface area (Å²) in [6, 6.07) is 7.59. The first-order chi connectivity index (χ1) is 14.6. The molecule has 0 saturated carbocycles. The van der Waals surface area contributed by atoms with Crippen LogP contribution < -0.4 is 10.6 Å². The van der Waals surface area contributed by atoms with Crippen molar-refractivity contribution < 1.29 is 9.90 Å². The van der Waals surface area contributed by atoms with Gasteiger partial charge in [-0.3, -0.25) is 4.79 Å². The number of aliphatic hydroxyl groups is 1. The van der Waals surface area contributed by atoms with Gasteiger partial charge in [-0.1, -0.05) is 48.7 Å². The van der Waals surface area contributed by atoms with Crippen LogP contribution >= 0.6 is 34.8 Å². The molecular formula is C21H20BCl3N4O2. The number of anilines is 1. The Balaban J connectivity index is 1.81. The number of pyridine rings is 1. The first-order valence-electron chi connectivity index (χ1n) is 9.35. The predicted octanol–water partition coefficient (Wildman–Crippen LogP) is 4.82. The van der Waals surface area contributed by atoms with Gasteiger partial charge in [0.25, 0.3) is 5.91 Å². The molecule has 0 unspecified atom stereocenters. The summed E-state index contributed by atoms with van der Waals surface area (Å²) in [4.78, 5) is 19.9. The van der Waals surface area contributed by atoms with Crippen LogP contribution in [-0.4, -0.2) is 40.9 Å². The second-order valence-electron chi connectivity index (χ2n) is 7.61. The molecule has 0 bridgehead atoms. The second kappa shape index (κ2) is 9.53. The minimum atomic E-state index is -0.678. The van der Waals surface area contributed by atoms with Crippen molar-refractivity contribution in [1.29, 1.82) is 0 Å². The van der Waals surface area contributed by atoms with Crippen molar-refractivity contribution in [2.45, 2.75) is 25.3 Å². The van der Waals surface area contributed by atoms with E-state index in [4.69, 9.17) is 42.6 Å². The van der Waals surface area contributed by atoms with E-state index in [1.165, 1.54) is 6.20 Å². The van der Waals surface area contributed by atoms with Crippen LogP contribution in [0.4, 0.5) is 5.82 Å². The van der Waals surface area contributed by atoms with Crippen LogP contribution in [0.5, 0.6) is 0 Å². The van der Waals surface area contributed by atoms with Gasteiger partial charge in [-0.15, -0.1) is 0 Å². The van der Waals surface area contributed by atoms with E-state index >= 15 is 0 Å². The van der Waals surface area contributed by atoms with Crippen molar-refractivity contribution >= 4 is 54.4 Å². The molecule has 2 aromatic heterocycles. The molecule has 4 N–H and O–H groups in total. The van der Waals surface area contributed by atoms with Gasteiger partial charge in [0.15, 0.2) is 0 Å². The SMILES string of the molecule is [B]C(C)(C)Nc1cc(-c2c[nH]c(C(=O)N[C@H](CO)c3cc(Cl)cc(Cl)c3)c2)c(Cl)cn1. The lowest BCUT2D eigenvalue weighted by Crippen LogP contribution is -2.31. The number of amides is 1. The highest BCUT2D eigenvalue weighted by Gasteiger charge is 2.19. The van der Waals surface area contributed by atoms with Crippen molar-refractivity contribution in [3.8, 4) is 11.1 Å². The fourth-order valence-electron chi connectivity index (χ4n) is 2.99. The van der Waals surface area contributed by atoms with Crippen LogP contribution in [0.3, 0.4) is 0 Å². The summed E-state index contributed by atoms with van der Waals surface area (Å²) in [5.41, 5.74) is 1.60. The molecule has 1 amide bonds. The summed E-state index contributed by atoms with van der Waals surface area (Å²) < 4.78 is 0. The van der Waals surface area contributed by atoms with E-state index in [1.807, 2.05) is 13.8 Å². The third-order valence-electron chi connectivity index (χ3n) is 4.32. The van der Waals surface area contributed by atoms with E-state index in [0.717, 1.165) is 0 Å². The van der Waals surface area contributed by atoms with Crippen molar-refractivity contribution in [1.82, 2.24) is 15.3 Å². The Hall–Kier alpha value is -2.19. The van der Waals surface area contributed by atoms with Crippen molar-refractivity contribution in [3.63, 3.8) is 0 Å². The molecule has 0 aliphatic carbocycles. The Bertz CT molecular complexity index is 1080. The van der Waals surface area contributed by atoms with Gasteiger partial charge in [-0.05, 0) is 41.3 Å². The van der Waals surface area contributed by atoms with Gasteiger partial charge >= 0.3 is 0 Å². The number of hydrogen-bond donors (Lipinski definition) is 4. The molecule has 0 spiro atoms. The average molecular weight is 478 g/mol. The number of aliphatic hydroxyl groups excluding tert-OH is 1. The molecule has 0 aliphatic heterocycles. The number of halogens is 3. The van der Waals surface area contributed by atoms with Crippen molar-refractivity contribution in [2.75, 3.05) is 11.9 Å². The molecule has 3 aromatic rings. The first kappa shape index (κ1) is 23.5. The van der Waals surface area contributed by atoms with Gasteiger partial charge in [0.1, 0.15) is 19.4 Å². The highest BCUT2D eigenvalue weighted by atomic mass is 35.5. The maximum atomic E-state index is 12.7. The summed E-state index contributed by atoms with van der Waals surface area (Å²) in [5.74, 6) is 0.144. The lowest BCUT2D eigenvalue weighted by atomic mass is 9.82. The Morgan fingerprint density at radius 1 is 1.19 bits per heavy atom. The number of aromatic nitrogens is 2. The summed E-state index contributed by atoms with van der Waals surface area (Å²) in [7, 11) is 5.98. The number of carbonyl (C=O) groups is 1. The van der Waals surface area contributed by atoms with E-state index in [-0.39, 0.29) is 6.61 Å². The highest BCUT2D eigenvalue weighted by molar-refractivity contribution is 6.34. The third-order valence-corrected chi connectivity index (χ3v) is 5.06. The average Bonchev–Trinajstić information content (AvgIpc) is 3.15.